The van der Waals surface area contributed by atoms with Crippen molar-refractivity contribution in [2.75, 3.05) is 5.32 Å². The lowest BCUT2D eigenvalue weighted by Gasteiger charge is -2.18. The molecule has 0 radical (unpaired) electrons. The van der Waals surface area contributed by atoms with Gasteiger partial charge in [-0.3, -0.25) is 9.59 Å². The number of hydrogen-bond acceptors (Lipinski definition) is 3. The zero-order valence-corrected chi connectivity index (χ0v) is 17.0. The molecule has 1 amide bonds. The van der Waals surface area contributed by atoms with E-state index in [1.165, 1.54) is 0 Å². The normalized spacial score (nSPS) is 12.1. The Morgan fingerprint density at radius 1 is 1.00 bits per heavy atom. The maximum absolute atomic E-state index is 12.8. The molecule has 1 atom stereocenters. The molecule has 158 valence electrons. The fraction of sp³-hybridized carbons (Fsp3) is 0.0800. The molecule has 3 N–H and O–H groups in total. The Morgan fingerprint density at radius 3 is 2.56 bits per heavy atom. The quantitative estimate of drug-likeness (QED) is 0.363. The van der Waals surface area contributed by atoms with Crippen LogP contribution in [0.2, 0.25) is 0 Å². The van der Waals surface area contributed by atoms with Crippen molar-refractivity contribution in [3.8, 4) is 0 Å². The second kappa shape index (κ2) is 8.03. The molecule has 0 aliphatic rings. The van der Waals surface area contributed by atoms with Crippen LogP contribution in [0, 0.1) is 0 Å². The topological polar surface area (TPSA) is 100 Å². The molecule has 0 saturated carbocycles. The number of carbonyl (C=O) groups is 2. The number of rotatable bonds is 6. The number of nitrogens with one attached hydrogen (secondary N) is 2. The second-order valence-electron chi connectivity index (χ2n) is 7.60. The number of carboxylic acid groups (broad SMARTS) is 1. The van der Waals surface area contributed by atoms with Gasteiger partial charge in [-0.1, -0.05) is 48.5 Å². The van der Waals surface area contributed by atoms with Crippen molar-refractivity contribution >= 4 is 39.5 Å². The van der Waals surface area contributed by atoms with E-state index in [0.29, 0.717) is 11.4 Å². The predicted octanol–water partition coefficient (Wildman–Crippen LogP) is 4.83. The molecule has 0 spiro atoms. The van der Waals surface area contributed by atoms with Crippen LogP contribution in [0.5, 0.6) is 0 Å². The van der Waals surface area contributed by atoms with E-state index in [9.17, 15) is 14.7 Å². The number of aliphatic carboxylic acids is 1. The second-order valence-corrected chi connectivity index (χ2v) is 7.60. The maximum atomic E-state index is 12.8. The average Bonchev–Trinajstić information content (AvgIpc) is 3.42. The Bertz CT molecular complexity index is 1400. The Kier molecular flexibility index (Phi) is 4.91. The standard InChI is InChI=1S/C25H20N4O3/c30-24(31)14-22(16-6-2-1-3-7-16)29-15-26-20-11-10-18(13-23(20)29)27-25(32)21-12-17-8-4-5-9-19(17)28-21/h1-13,15,22,28H,14H2,(H,27,32)(H,30,31). The molecule has 3 aromatic carbocycles. The van der Waals surface area contributed by atoms with Crippen LogP contribution in [0.1, 0.15) is 28.5 Å². The Morgan fingerprint density at radius 2 is 1.78 bits per heavy atom. The third-order valence-corrected chi connectivity index (χ3v) is 5.50. The number of hydrogen-bond donors (Lipinski definition) is 3. The van der Waals surface area contributed by atoms with Crippen LogP contribution in [0.3, 0.4) is 0 Å². The van der Waals surface area contributed by atoms with Crippen LogP contribution in [-0.2, 0) is 4.79 Å². The van der Waals surface area contributed by atoms with Gasteiger partial charge in [-0.15, -0.1) is 0 Å². The molecule has 2 heterocycles. The van der Waals surface area contributed by atoms with E-state index < -0.39 is 12.0 Å². The Hall–Kier alpha value is -4.39. The molecule has 5 rings (SSSR count). The minimum atomic E-state index is -0.899. The van der Waals surface area contributed by atoms with Gasteiger partial charge in [0.05, 0.1) is 29.8 Å². The van der Waals surface area contributed by atoms with Crippen molar-refractivity contribution in [1.29, 1.82) is 0 Å². The molecule has 2 aromatic heterocycles. The fourth-order valence-electron chi connectivity index (χ4n) is 3.96. The molecular weight excluding hydrogens is 404 g/mol. The molecule has 0 saturated heterocycles. The number of carboxylic acids is 1. The van der Waals surface area contributed by atoms with Crippen molar-refractivity contribution in [3.05, 3.63) is 96.4 Å². The summed E-state index contributed by atoms with van der Waals surface area (Å²) >= 11 is 0. The number of carbonyl (C=O) groups excluding carboxylic acids is 1. The van der Waals surface area contributed by atoms with Gasteiger partial charge in [0.1, 0.15) is 5.69 Å². The summed E-state index contributed by atoms with van der Waals surface area (Å²) in [6, 6.07) is 24.0. The minimum Gasteiger partial charge on any atom is -0.481 e. The third-order valence-electron chi connectivity index (χ3n) is 5.50. The van der Waals surface area contributed by atoms with Gasteiger partial charge in [0, 0.05) is 16.6 Å². The van der Waals surface area contributed by atoms with Crippen LogP contribution < -0.4 is 5.32 Å². The monoisotopic (exact) mass is 424 g/mol. The highest BCUT2D eigenvalue weighted by Gasteiger charge is 2.20. The van der Waals surface area contributed by atoms with Crippen molar-refractivity contribution in [1.82, 2.24) is 14.5 Å². The maximum Gasteiger partial charge on any atom is 0.305 e. The first kappa shape index (κ1) is 19.6. The molecule has 1 unspecified atom stereocenters. The molecule has 32 heavy (non-hydrogen) atoms. The van der Waals surface area contributed by atoms with E-state index in [1.807, 2.05) is 77.4 Å². The van der Waals surface area contributed by atoms with Crippen LogP contribution in [0.4, 0.5) is 5.69 Å². The highest BCUT2D eigenvalue weighted by Crippen LogP contribution is 2.28. The third kappa shape index (κ3) is 3.72. The minimum absolute atomic E-state index is 0.0822. The molecule has 7 nitrogen and oxygen atoms in total. The number of aromatic nitrogens is 3. The van der Waals surface area contributed by atoms with E-state index in [4.69, 9.17) is 0 Å². The van der Waals surface area contributed by atoms with Gasteiger partial charge in [0.15, 0.2) is 0 Å². The summed E-state index contributed by atoms with van der Waals surface area (Å²) in [6.07, 6.45) is 1.57. The lowest BCUT2D eigenvalue weighted by molar-refractivity contribution is -0.137. The highest BCUT2D eigenvalue weighted by atomic mass is 16.4. The van der Waals surface area contributed by atoms with E-state index in [-0.39, 0.29) is 12.3 Å². The lowest BCUT2D eigenvalue weighted by Crippen LogP contribution is -2.15. The summed E-state index contributed by atoms with van der Waals surface area (Å²) in [7, 11) is 0. The van der Waals surface area contributed by atoms with E-state index >= 15 is 0 Å². The molecule has 7 heteroatoms. The van der Waals surface area contributed by atoms with Gasteiger partial charge < -0.3 is 20.0 Å². The number of nitrogens with zero attached hydrogens (tertiary/aromatic N) is 2. The van der Waals surface area contributed by atoms with Gasteiger partial charge in [-0.2, -0.15) is 0 Å². The van der Waals surface area contributed by atoms with Crippen LogP contribution >= 0.6 is 0 Å². The molecule has 5 aromatic rings. The molecule has 0 fully saturated rings. The van der Waals surface area contributed by atoms with Gasteiger partial charge in [-0.25, -0.2) is 4.98 Å². The number of aromatic amines is 1. The summed E-state index contributed by atoms with van der Waals surface area (Å²) in [5.41, 5.74) is 4.31. The van der Waals surface area contributed by atoms with E-state index in [2.05, 4.69) is 15.3 Å². The molecule has 0 aliphatic heterocycles. The summed E-state index contributed by atoms with van der Waals surface area (Å²) < 4.78 is 1.84. The van der Waals surface area contributed by atoms with Crippen LogP contribution in [-0.4, -0.2) is 31.5 Å². The summed E-state index contributed by atoms with van der Waals surface area (Å²) in [5.74, 6) is -1.15. The van der Waals surface area contributed by atoms with Crippen molar-refractivity contribution in [3.63, 3.8) is 0 Å². The van der Waals surface area contributed by atoms with Gasteiger partial charge in [0.2, 0.25) is 0 Å². The molecule has 0 bridgehead atoms. The largest absolute Gasteiger partial charge is 0.481 e. The first-order chi connectivity index (χ1) is 15.6. The predicted molar refractivity (Wildman–Crippen MR) is 123 cm³/mol. The lowest BCUT2D eigenvalue weighted by atomic mass is 10.0. The van der Waals surface area contributed by atoms with Crippen molar-refractivity contribution < 1.29 is 14.7 Å². The number of imidazole rings is 1. The number of H-pyrrole nitrogens is 1. The zero-order chi connectivity index (χ0) is 22.1. The first-order valence-electron chi connectivity index (χ1n) is 10.2. The number of benzene rings is 3. The number of anilines is 1. The van der Waals surface area contributed by atoms with Crippen molar-refractivity contribution in [2.45, 2.75) is 12.5 Å². The first-order valence-corrected chi connectivity index (χ1v) is 10.2. The number of para-hydroxylation sites is 1. The molecule has 0 aliphatic carbocycles. The number of fused-ring (bicyclic) bond motifs is 2. The van der Waals surface area contributed by atoms with E-state index in [0.717, 1.165) is 27.5 Å². The van der Waals surface area contributed by atoms with E-state index in [1.54, 1.807) is 12.4 Å². The Balaban J connectivity index is 1.49. The van der Waals surface area contributed by atoms with Gasteiger partial charge in [-0.05, 0) is 35.9 Å². The van der Waals surface area contributed by atoms with Crippen LogP contribution in [0.25, 0.3) is 21.9 Å². The number of amides is 1. The fourth-order valence-corrected chi connectivity index (χ4v) is 3.96. The van der Waals surface area contributed by atoms with Gasteiger partial charge in [0.25, 0.3) is 5.91 Å². The highest BCUT2D eigenvalue weighted by molar-refractivity contribution is 6.06. The summed E-state index contributed by atoms with van der Waals surface area (Å²) in [5, 5.41) is 13.4. The SMILES string of the molecule is O=C(O)CC(c1ccccc1)n1cnc2ccc(NC(=O)c3cc4ccccc4[nH]3)cc21. The zero-order valence-electron chi connectivity index (χ0n) is 17.0. The summed E-state index contributed by atoms with van der Waals surface area (Å²) in [6.45, 7) is 0. The van der Waals surface area contributed by atoms with Crippen LogP contribution in [0.15, 0.2) is 85.2 Å². The molecular formula is C25H20N4O3. The summed E-state index contributed by atoms with van der Waals surface area (Å²) in [4.78, 5) is 31.9. The van der Waals surface area contributed by atoms with Gasteiger partial charge >= 0.3 is 5.97 Å². The average molecular weight is 424 g/mol. The Labute approximate surface area is 183 Å². The van der Waals surface area contributed by atoms with Crippen molar-refractivity contribution in [2.24, 2.45) is 0 Å². The smallest absolute Gasteiger partial charge is 0.305 e.